The molecule has 0 bridgehead atoms. The molecule has 1 rings (SSSR count). The van der Waals surface area contributed by atoms with E-state index < -0.39 is 6.10 Å². The number of hydrogen-bond donors (Lipinski definition) is 2. The van der Waals surface area contributed by atoms with Crippen LogP contribution in [0.25, 0.3) is 0 Å². The van der Waals surface area contributed by atoms with Gasteiger partial charge in [-0.3, -0.25) is 0 Å². The van der Waals surface area contributed by atoms with Crippen LogP contribution in [0.5, 0.6) is 0 Å². The van der Waals surface area contributed by atoms with Crippen LogP contribution in [0.15, 0.2) is 11.4 Å². The Morgan fingerprint density at radius 3 is 2.91 bits per heavy atom. The molecule has 0 spiro atoms. The second-order valence-electron chi connectivity index (χ2n) is 2.23. The lowest BCUT2D eigenvalue weighted by atomic mass is 10.2. The first-order chi connectivity index (χ1) is 5.25. The van der Waals surface area contributed by atoms with Crippen LogP contribution in [0.1, 0.15) is 17.4 Å². The van der Waals surface area contributed by atoms with Gasteiger partial charge in [-0.15, -0.1) is 11.3 Å². The maximum atomic E-state index is 9.44. The Labute approximate surface area is 74.6 Å². The largest absolute Gasteiger partial charge is 0.387 e. The van der Waals surface area contributed by atoms with E-state index in [0.717, 1.165) is 4.88 Å². The lowest BCUT2D eigenvalue weighted by Crippen LogP contribution is -2.05. The van der Waals surface area contributed by atoms with E-state index in [0.29, 0.717) is 18.0 Å². The third-order valence-corrected chi connectivity index (χ3v) is 2.85. The van der Waals surface area contributed by atoms with E-state index in [9.17, 15) is 5.11 Å². The SMILES string of the molecule is NCC[C@@H](O)c1sccc1Cl. The van der Waals surface area contributed by atoms with Gasteiger partial charge in [-0.1, -0.05) is 11.6 Å². The van der Waals surface area contributed by atoms with Gasteiger partial charge in [-0.25, -0.2) is 0 Å². The Morgan fingerprint density at radius 2 is 2.45 bits per heavy atom. The van der Waals surface area contributed by atoms with Crippen molar-refractivity contribution < 1.29 is 5.11 Å². The summed E-state index contributed by atoms with van der Waals surface area (Å²) >= 11 is 7.24. The van der Waals surface area contributed by atoms with E-state index in [1.54, 1.807) is 6.07 Å². The average Bonchev–Trinajstić information content (AvgIpc) is 2.36. The molecule has 3 N–H and O–H groups in total. The Bertz CT molecular complexity index is 226. The van der Waals surface area contributed by atoms with Crippen molar-refractivity contribution in [3.05, 3.63) is 21.3 Å². The highest BCUT2D eigenvalue weighted by atomic mass is 35.5. The third-order valence-electron chi connectivity index (χ3n) is 1.39. The van der Waals surface area contributed by atoms with E-state index in [4.69, 9.17) is 17.3 Å². The van der Waals surface area contributed by atoms with Crippen LogP contribution in [-0.2, 0) is 0 Å². The minimum absolute atomic E-state index is 0.482. The van der Waals surface area contributed by atoms with Crippen molar-refractivity contribution in [2.45, 2.75) is 12.5 Å². The van der Waals surface area contributed by atoms with Crippen molar-refractivity contribution in [2.24, 2.45) is 5.73 Å². The zero-order valence-corrected chi connectivity index (χ0v) is 7.53. The quantitative estimate of drug-likeness (QED) is 0.765. The number of hydrogen-bond acceptors (Lipinski definition) is 3. The van der Waals surface area contributed by atoms with E-state index in [-0.39, 0.29) is 0 Å². The number of aliphatic hydroxyl groups excluding tert-OH is 1. The molecule has 0 aliphatic carbocycles. The molecule has 1 aromatic heterocycles. The maximum Gasteiger partial charge on any atom is 0.0908 e. The van der Waals surface area contributed by atoms with Crippen molar-refractivity contribution in [1.82, 2.24) is 0 Å². The second-order valence-corrected chi connectivity index (χ2v) is 3.58. The van der Waals surface area contributed by atoms with Crippen LogP contribution in [0.3, 0.4) is 0 Å². The molecule has 0 radical (unpaired) electrons. The van der Waals surface area contributed by atoms with Gasteiger partial charge in [0.05, 0.1) is 16.0 Å². The molecule has 0 aromatic carbocycles. The van der Waals surface area contributed by atoms with Crippen LogP contribution in [-0.4, -0.2) is 11.7 Å². The minimum atomic E-state index is -0.493. The van der Waals surface area contributed by atoms with E-state index in [2.05, 4.69) is 0 Å². The summed E-state index contributed by atoms with van der Waals surface area (Å²) in [6.07, 6.45) is 0.0766. The monoisotopic (exact) mass is 191 g/mol. The van der Waals surface area contributed by atoms with Gasteiger partial charge in [-0.05, 0) is 24.4 Å². The summed E-state index contributed by atoms with van der Waals surface area (Å²) in [6, 6.07) is 1.78. The maximum absolute atomic E-state index is 9.44. The first-order valence-electron chi connectivity index (χ1n) is 3.36. The molecule has 0 unspecified atom stereocenters. The zero-order chi connectivity index (χ0) is 8.27. The summed E-state index contributed by atoms with van der Waals surface area (Å²) in [7, 11) is 0. The number of rotatable bonds is 3. The first kappa shape index (κ1) is 9.00. The van der Waals surface area contributed by atoms with Gasteiger partial charge >= 0.3 is 0 Å². The van der Waals surface area contributed by atoms with Crippen molar-refractivity contribution in [3.8, 4) is 0 Å². The molecule has 4 heteroatoms. The summed E-state index contributed by atoms with van der Waals surface area (Å²) in [6.45, 7) is 0.482. The summed E-state index contributed by atoms with van der Waals surface area (Å²) in [5.41, 5.74) is 5.29. The Morgan fingerprint density at radius 1 is 1.73 bits per heavy atom. The highest BCUT2D eigenvalue weighted by molar-refractivity contribution is 7.10. The molecule has 1 heterocycles. The average molecular weight is 192 g/mol. The number of aliphatic hydroxyl groups is 1. The normalized spacial score (nSPS) is 13.4. The molecular formula is C7H10ClNOS. The topological polar surface area (TPSA) is 46.2 Å². The van der Waals surface area contributed by atoms with Crippen molar-refractivity contribution in [1.29, 1.82) is 0 Å². The standard InChI is InChI=1S/C7H10ClNOS/c8-5-2-4-11-7(5)6(10)1-3-9/h2,4,6,10H,1,3,9H2/t6-/m1/s1. The van der Waals surface area contributed by atoms with Gasteiger partial charge < -0.3 is 10.8 Å². The van der Waals surface area contributed by atoms with Crippen molar-refractivity contribution in [2.75, 3.05) is 6.54 Å². The van der Waals surface area contributed by atoms with Gasteiger partial charge in [0.2, 0.25) is 0 Å². The second kappa shape index (κ2) is 4.07. The van der Waals surface area contributed by atoms with Gasteiger partial charge in [0.25, 0.3) is 0 Å². The molecule has 62 valence electrons. The van der Waals surface area contributed by atoms with Crippen LogP contribution >= 0.6 is 22.9 Å². The molecule has 0 saturated heterocycles. The van der Waals surface area contributed by atoms with Gasteiger partial charge in [-0.2, -0.15) is 0 Å². The number of nitrogens with two attached hydrogens (primary N) is 1. The zero-order valence-electron chi connectivity index (χ0n) is 5.96. The predicted molar refractivity (Wildman–Crippen MR) is 48.0 cm³/mol. The molecule has 0 fully saturated rings. The molecule has 0 aliphatic heterocycles. The fourth-order valence-electron chi connectivity index (χ4n) is 0.832. The van der Waals surface area contributed by atoms with Crippen LogP contribution in [0.4, 0.5) is 0 Å². The summed E-state index contributed by atoms with van der Waals surface area (Å²) in [4.78, 5) is 0.817. The highest BCUT2D eigenvalue weighted by Gasteiger charge is 2.11. The summed E-state index contributed by atoms with van der Waals surface area (Å²) < 4.78 is 0. The molecule has 0 aliphatic rings. The molecule has 2 nitrogen and oxygen atoms in total. The number of thiophene rings is 1. The molecule has 1 aromatic rings. The molecule has 1 atom stereocenters. The molecule has 11 heavy (non-hydrogen) atoms. The highest BCUT2D eigenvalue weighted by Crippen LogP contribution is 2.29. The van der Waals surface area contributed by atoms with E-state index in [1.807, 2.05) is 5.38 Å². The molecular weight excluding hydrogens is 182 g/mol. The van der Waals surface area contributed by atoms with Crippen LogP contribution < -0.4 is 5.73 Å². The van der Waals surface area contributed by atoms with Crippen LogP contribution in [0, 0.1) is 0 Å². The first-order valence-corrected chi connectivity index (χ1v) is 4.62. The van der Waals surface area contributed by atoms with Crippen LogP contribution in [0.2, 0.25) is 5.02 Å². The van der Waals surface area contributed by atoms with E-state index in [1.165, 1.54) is 11.3 Å². The van der Waals surface area contributed by atoms with Gasteiger partial charge in [0, 0.05) is 0 Å². The lowest BCUT2D eigenvalue weighted by molar-refractivity contribution is 0.174. The van der Waals surface area contributed by atoms with Gasteiger partial charge in [0.1, 0.15) is 0 Å². The summed E-state index contributed by atoms with van der Waals surface area (Å²) in [5, 5.41) is 11.9. The summed E-state index contributed by atoms with van der Waals surface area (Å²) in [5.74, 6) is 0. The Kier molecular flexibility index (Phi) is 3.33. The smallest absolute Gasteiger partial charge is 0.0908 e. The molecule has 0 amide bonds. The van der Waals surface area contributed by atoms with Crippen molar-refractivity contribution in [3.63, 3.8) is 0 Å². The number of halogens is 1. The molecule has 0 saturated carbocycles. The third kappa shape index (κ3) is 2.17. The minimum Gasteiger partial charge on any atom is -0.387 e. The lowest BCUT2D eigenvalue weighted by Gasteiger charge is -2.06. The fourth-order valence-corrected chi connectivity index (χ4v) is 2.04. The van der Waals surface area contributed by atoms with Crippen molar-refractivity contribution >= 4 is 22.9 Å². The van der Waals surface area contributed by atoms with E-state index >= 15 is 0 Å². The Balaban J connectivity index is 2.67. The van der Waals surface area contributed by atoms with Gasteiger partial charge in [0.15, 0.2) is 0 Å². The fraction of sp³-hybridized carbons (Fsp3) is 0.429. The predicted octanol–water partition coefficient (Wildman–Crippen LogP) is 1.78. The Hall–Kier alpha value is -0.0900.